The molecule has 21 heavy (non-hydrogen) atoms. The fraction of sp³-hybridized carbons (Fsp3) is 0.214. The van der Waals surface area contributed by atoms with Gasteiger partial charge in [0, 0.05) is 12.7 Å². The Kier molecular flexibility index (Phi) is 3.66. The largest absolute Gasteiger partial charge is 0.478 e. The number of nitrogens with one attached hydrogen (secondary N) is 1. The van der Waals surface area contributed by atoms with E-state index in [1.807, 2.05) is 0 Å². The lowest BCUT2D eigenvalue weighted by Gasteiger charge is -2.10. The Morgan fingerprint density at radius 1 is 1.33 bits per heavy atom. The van der Waals surface area contributed by atoms with Crippen LogP contribution < -0.4 is 11.1 Å². The van der Waals surface area contributed by atoms with Gasteiger partial charge in [-0.05, 0) is 37.6 Å². The van der Waals surface area contributed by atoms with Crippen LogP contribution in [-0.4, -0.2) is 26.8 Å². The monoisotopic (exact) mass is 288 g/mol. The minimum atomic E-state index is -0.978. The maximum Gasteiger partial charge on any atom is 0.335 e. The lowest BCUT2D eigenvalue weighted by atomic mass is 10.1. The van der Waals surface area contributed by atoms with Crippen molar-refractivity contribution in [3.05, 3.63) is 40.6 Å². The van der Waals surface area contributed by atoms with Gasteiger partial charge in [-0.15, -0.1) is 0 Å². The van der Waals surface area contributed by atoms with Crippen molar-refractivity contribution < 1.29 is 14.7 Å². The Morgan fingerprint density at radius 3 is 2.52 bits per heavy atom. The van der Waals surface area contributed by atoms with Crippen LogP contribution in [0, 0.1) is 13.8 Å². The maximum absolute atomic E-state index is 11.5. The van der Waals surface area contributed by atoms with Crippen molar-refractivity contribution in [3.8, 4) is 0 Å². The average molecular weight is 288 g/mol. The molecule has 0 fully saturated rings. The SMILES string of the molecule is Cc1cc(Nc2c(C(N)=O)c(C)nn2C)ccc1C(=O)O. The third kappa shape index (κ3) is 2.71. The molecule has 1 amide bonds. The standard InChI is InChI=1S/C14H16N4O3/c1-7-6-9(4-5-10(7)14(20)21)16-13-11(12(15)19)8(2)17-18(13)3/h4-6,16H,1-3H3,(H2,15,19)(H,20,21). The number of anilines is 2. The molecule has 0 aliphatic carbocycles. The molecule has 0 saturated heterocycles. The molecule has 0 bridgehead atoms. The van der Waals surface area contributed by atoms with Gasteiger partial charge in [-0.1, -0.05) is 0 Å². The number of rotatable bonds is 4. The second-order valence-electron chi connectivity index (χ2n) is 4.76. The summed E-state index contributed by atoms with van der Waals surface area (Å²) in [6.07, 6.45) is 0. The van der Waals surface area contributed by atoms with Crippen LogP contribution >= 0.6 is 0 Å². The number of aromatic nitrogens is 2. The zero-order valence-corrected chi connectivity index (χ0v) is 12.0. The molecule has 1 aromatic carbocycles. The highest BCUT2D eigenvalue weighted by molar-refractivity contribution is 5.99. The number of aryl methyl sites for hydroxylation is 3. The molecule has 0 unspecified atom stereocenters. The highest BCUT2D eigenvalue weighted by atomic mass is 16.4. The van der Waals surface area contributed by atoms with Gasteiger partial charge in [-0.25, -0.2) is 4.79 Å². The topological polar surface area (TPSA) is 110 Å². The third-order valence-electron chi connectivity index (χ3n) is 3.19. The molecule has 0 radical (unpaired) electrons. The number of carboxylic acid groups (broad SMARTS) is 1. The molecule has 0 atom stereocenters. The second-order valence-corrected chi connectivity index (χ2v) is 4.76. The Balaban J connectivity index is 2.41. The Labute approximate surface area is 121 Å². The number of hydrogen-bond donors (Lipinski definition) is 3. The summed E-state index contributed by atoms with van der Waals surface area (Å²) in [5.41, 5.74) is 7.72. The zero-order chi connectivity index (χ0) is 15.7. The van der Waals surface area contributed by atoms with Crippen LogP contribution in [0.15, 0.2) is 18.2 Å². The van der Waals surface area contributed by atoms with E-state index in [4.69, 9.17) is 10.8 Å². The summed E-state index contributed by atoms with van der Waals surface area (Å²) in [7, 11) is 1.69. The molecule has 0 saturated carbocycles. The van der Waals surface area contributed by atoms with Gasteiger partial charge in [0.1, 0.15) is 11.4 Å². The van der Waals surface area contributed by atoms with Gasteiger partial charge in [-0.3, -0.25) is 9.48 Å². The first-order valence-corrected chi connectivity index (χ1v) is 6.25. The lowest BCUT2D eigenvalue weighted by Crippen LogP contribution is -2.14. The van der Waals surface area contributed by atoms with Crippen LogP contribution in [-0.2, 0) is 7.05 Å². The van der Waals surface area contributed by atoms with Gasteiger partial charge < -0.3 is 16.2 Å². The summed E-state index contributed by atoms with van der Waals surface area (Å²) in [6.45, 7) is 3.40. The Bertz CT molecular complexity index is 734. The molecule has 7 nitrogen and oxygen atoms in total. The molecule has 2 aromatic rings. The van der Waals surface area contributed by atoms with Crippen LogP contribution in [0.2, 0.25) is 0 Å². The van der Waals surface area contributed by atoms with E-state index >= 15 is 0 Å². The fourth-order valence-electron chi connectivity index (χ4n) is 2.21. The number of carboxylic acids is 1. The lowest BCUT2D eigenvalue weighted by molar-refractivity contribution is 0.0696. The van der Waals surface area contributed by atoms with Crippen molar-refractivity contribution in [2.45, 2.75) is 13.8 Å². The van der Waals surface area contributed by atoms with E-state index in [2.05, 4.69) is 10.4 Å². The molecule has 1 heterocycles. The van der Waals surface area contributed by atoms with Crippen molar-refractivity contribution in [1.82, 2.24) is 9.78 Å². The molecule has 1 aromatic heterocycles. The molecular formula is C14H16N4O3. The summed E-state index contributed by atoms with van der Waals surface area (Å²) in [5, 5.41) is 16.2. The predicted molar refractivity (Wildman–Crippen MR) is 77.9 cm³/mol. The van der Waals surface area contributed by atoms with Gasteiger partial charge in [0.15, 0.2) is 0 Å². The number of benzene rings is 1. The number of carbonyl (C=O) groups excluding carboxylic acids is 1. The molecule has 0 aliphatic rings. The van der Waals surface area contributed by atoms with E-state index in [0.717, 1.165) is 0 Å². The summed E-state index contributed by atoms with van der Waals surface area (Å²) in [4.78, 5) is 22.5. The van der Waals surface area contributed by atoms with Gasteiger partial charge in [-0.2, -0.15) is 5.10 Å². The number of aromatic carboxylic acids is 1. The van der Waals surface area contributed by atoms with Crippen molar-refractivity contribution in [3.63, 3.8) is 0 Å². The van der Waals surface area contributed by atoms with Crippen molar-refractivity contribution >= 4 is 23.4 Å². The second kappa shape index (κ2) is 5.28. The number of nitrogens with two attached hydrogens (primary N) is 1. The highest BCUT2D eigenvalue weighted by Gasteiger charge is 2.18. The minimum absolute atomic E-state index is 0.233. The Morgan fingerprint density at radius 2 is 2.00 bits per heavy atom. The van der Waals surface area contributed by atoms with E-state index in [1.165, 1.54) is 10.7 Å². The van der Waals surface area contributed by atoms with Crippen molar-refractivity contribution in [2.75, 3.05) is 5.32 Å². The molecule has 110 valence electrons. The number of carbonyl (C=O) groups is 2. The van der Waals surface area contributed by atoms with Gasteiger partial charge in [0.2, 0.25) is 0 Å². The van der Waals surface area contributed by atoms with Crippen molar-refractivity contribution in [1.29, 1.82) is 0 Å². The predicted octanol–water partition coefficient (Wildman–Crippen LogP) is 1.58. The summed E-state index contributed by atoms with van der Waals surface area (Å²) >= 11 is 0. The zero-order valence-electron chi connectivity index (χ0n) is 12.0. The minimum Gasteiger partial charge on any atom is -0.478 e. The van der Waals surface area contributed by atoms with Crippen LogP contribution in [0.25, 0.3) is 0 Å². The number of amides is 1. The molecular weight excluding hydrogens is 272 g/mol. The first kappa shape index (κ1) is 14.6. The number of nitrogens with zero attached hydrogens (tertiary/aromatic N) is 2. The van der Waals surface area contributed by atoms with Crippen LogP contribution in [0.5, 0.6) is 0 Å². The van der Waals surface area contributed by atoms with E-state index in [-0.39, 0.29) is 5.56 Å². The maximum atomic E-state index is 11.5. The van der Waals surface area contributed by atoms with Gasteiger partial charge in [0.05, 0.1) is 11.3 Å². The molecule has 0 spiro atoms. The van der Waals surface area contributed by atoms with Crippen molar-refractivity contribution in [2.24, 2.45) is 12.8 Å². The van der Waals surface area contributed by atoms with Crippen LogP contribution in [0.1, 0.15) is 32.0 Å². The number of hydrogen-bond acceptors (Lipinski definition) is 4. The highest BCUT2D eigenvalue weighted by Crippen LogP contribution is 2.24. The Hall–Kier alpha value is -2.83. The van der Waals surface area contributed by atoms with Crippen LogP contribution in [0.3, 0.4) is 0 Å². The third-order valence-corrected chi connectivity index (χ3v) is 3.19. The van der Waals surface area contributed by atoms with Gasteiger partial charge >= 0.3 is 5.97 Å². The molecule has 0 aliphatic heterocycles. The van der Waals surface area contributed by atoms with E-state index in [9.17, 15) is 9.59 Å². The van der Waals surface area contributed by atoms with E-state index < -0.39 is 11.9 Å². The smallest absolute Gasteiger partial charge is 0.335 e. The van der Waals surface area contributed by atoms with E-state index in [0.29, 0.717) is 28.3 Å². The number of primary amides is 1. The average Bonchev–Trinajstić information content (AvgIpc) is 2.63. The normalized spacial score (nSPS) is 10.4. The summed E-state index contributed by atoms with van der Waals surface area (Å²) in [6, 6.07) is 4.83. The summed E-state index contributed by atoms with van der Waals surface area (Å²) in [5.74, 6) is -1.07. The van der Waals surface area contributed by atoms with Crippen LogP contribution in [0.4, 0.5) is 11.5 Å². The first-order valence-electron chi connectivity index (χ1n) is 6.25. The molecule has 2 rings (SSSR count). The summed E-state index contributed by atoms with van der Waals surface area (Å²) < 4.78 is 1.52. The van der Waals surface area contributed by atoms with Gasteiger partial charge in [0.25, 0.3) is 5.91 Å². The quantitative estimate of drug-likeness (QED) is 0.791. The van der Waals surface area contributed by atoms with E-state index in [1.54, 1.807) is 33.0 Å². The first-order chi connectivity index (χ1) is 9.81. The fourth-order valence-corrected chi connectivity index (χ4v) is 2.21. The molecule has 7 heteroatoms. The molecule has 4 N–H and O–H groups in total.